The third kappa shape index (κ3) is 3.69. The summed E-state index contributed by atoms with van der Waals surface area (Å²) in [5.41, 5.74) is 5.76. The number of ether oxygens (including phenoxy) is 1. The highest BCUT2D eigenvalue weighted by Gasteiger charge is 2.41. The van der Waals surface area contributed by atoms with E-state index in [2.05, 4.69) is 5.32 Å². The fraction of sp³-hybridized carbons (Fsp3) is 0.933. The molecule has 2 aliphatic rings. The summed E-state index contributed by atoms with van der Waals surface area (Å²) in [5, 5.41) is 3.28. The summed E-state index contributed by atoms with van der Waals surface area (Å²) in [5.74, 6) is 0.266. The molecule has 3 N–H and O–H groups in total. The third-order valence-electron chi connectivity index (χ3n) is 4.93. The lowest BCUT2D eigenvalue weighted by Crippen LogP contribution is -2.47. The molecule has 19 heavy (non-hydrogen) atoms. The number of nitrogens with one attached hydrogen (secondary N) is 1. The first-order valence-electron chi connectivity index (χ1n) is 7.72. The maximum absolute atomic E-state index is 12.6. The van der Waals surface area contributed by atoms with Gasteiger partial charge in [0.1, 0.15) is 0 Å². The van der Waals surface area contributed by atoms with Crippen LogP contribution in [0.3, 0.4) is 0 Å². The van der Waals surface area contributed by atoms with Gasteiger partial charge in [0.2, 0.25) is 5.91 Å². The predicted molar refractivity (Wildman–Crippen MR) is 75.8 cm³/mol. The van der Waals surface area contributed by atoms with Crippen LogP contribution in [-0.4, -0.2) is 31.7 Å². The zero-order chi connectivity index (χ0) is 13.7. The van der Waals surface area contributed by atoms with Gasteiger partial charge in [0.15, 0.2) is 0 Å². The smallest absolute Gasteiger partial charge is 0.226 e. The van der Waals surface area contributed by atoms with Gasteiger partial charge < -0.3 is 15.8 Å². The van der Waals surface area contributed by atoms with E-state index in [-0.39, 0.29) is 11.3 Å². The van der Waals surface area contributed by atoms with Crippen molar-refractivity contribution in [3.8, 4) is 0 Å². The molecule has 0 heterocycles. The van der Waals surface area contributed by atoms with Crippen molar-refractivity contribution in [2.45, 2.75) is 69.9 Å². The lowest BCUT2D eigenvalue weighted by atomic mass is 9.81. The standard InChI is InChI=1S/C15H28N2O2/c1-19-11-10-15(8-2-3-9-15)14(18)17-13-6-4-12(16)5-7-13/h12-13H,2-11,16H2,1H3,(H,17,18). The zero-order valence-corrected chi connectivity index (χ0v) is 12.1. The predicted octanol–water partition coefficient (Wildman–Crippen LogP) is 1.97. The Labute approximate surface area is 116 Å². The molecule has 2 fully saturated rings. The summed E-state index contributed by atoms with van der Waals surface area (Å²) >= 11 is 0. The van der Waals surface area contributed by atoms with Crippen molar-refractivity contribution in [3.63, 3.8) is 0 Å². The monoisotopic (exact) mass is 268 g/mol. The van der Waals surface area contributed by atoms with Crippen molar-refractivity contribution in [1.82, 2.24) is 5.32 Å². The van der Waals surface area contributed by atoms with Gasteiger partial charge in [-0.3, -0.25) is 4.79 Å². The molecule has 0 aromatic carbocycles. The average molecular weight is 268 g/mol. The zero-order valence-electron chi connectivity index (χ0n) is 12.1. The van der Waals surface area contributed by atoms with Crippen LogP contribution < -0.4 is 11.1 Å². The number of methoxy groups -OCH3 is 1. The molecule has 0 saturated heterocycles. The fourth-order valence-electron chi connectivity index (χ4n) is 3.54. The van der Waals surface area contributed by atoms with Crippen molar-refractivity contribution in [2.75, 3.05) is 13.7 Å². The van der Waals surface area contributed by atoms with Crippen molar-refractivity contribution in [3.05, 3.63) is 0 Å². The Hall–Kier alpha value is -0.610. The lowest BCUT2D eigenvalue weighted by molar-refractivity contribution is -0.132. The van der Waals surface area contributed by atoms with Gasteiger partial charge in [-0.25, -0.2) is 0 Å². The van der Waals surface area contributed by atoms with E-state index in [1.54, 1.807) is 7.11 Å². The first kappa shape index (κ1) is 14.8. The molecule has 0 aliphatic heterocycles. The Morgan fingerprint density at radius 1 is 1.26 bits per heavy atom. The number of amides is 1. The SMILES string of the molecule is COCCC1(C(=O)NC2CCC(N)CC2)CCCC1. The summed E-state index contributed by atoms with van der Waals surface area (Å²) in [4.78, 5) is 12.6. The molecule has 0 bridgehead atoms. The highest BCUT2D eigenvalue weighted by atomic mass is 16.5. The Morgan fingerprint density at radius 2 is 1.89 bits per heavy atom. The van der Waals surface area contributed by atoms with E-state index in [0.29, 0.717) is 18.7 Å². The summed E-state index contributed by atoms with van der Waals surface area (Å²) < 4.78 is 5.19. The van der Waals surface area contributed by atoms with E-state index < -0.39 is 0 Å². The minimum absolute atomic E-state index is 0.157. The quantitative estimate of drug-likeness (QED) is 0.801. The molecular formula is C15H28N2O2. The molecule has 110 valence electrons. The van der Waals surface area contributed by atoms with Gasteiger partial charge in [-0.2, -0.15) is 0 Å². The van der Waals surface area contributed by atoms with Crippen LogP contribution in [0.1, 0.15) is 57.8 Å². The van der Waals surface area contributed by atoms with Crippen LogP contribution in [0, 0.1) is 5.41 Å². The van der Waals surface area contributed by atoms with Crippen LogP contribution in [0.15, 0.2) is 0 Å². The Kier molecular flexibility index (Phi) is 5.22. The van der Waals surface area contributed by atoms with Crippen LogP contribution in [-0.2, 0) is 9.53 Å². The molecule has 0 radical (unpaired) electrons. The topological polar surface area (TPSA) is 64.3 Å². The van der Waals surface area contributed by atoms with Gasteiger partial charge in [0.25, 0.3) is 0 Å². The van der Waals surface area contributed by atoms with E-state index in [1.807, 2.05) is 0 Å². The van der Waals surface area contributed by atoms with Crippen LogP contribution in [0.2, 0.25) is 0 Å². The minimum atomic E-state index is -0.157. The largest absolute Gasteiger partial charge is 0.385 e. The molecule has 1 amide bonds. The summed E-state index contributed by atoms with van der Waals surface area (Å²) in [6.07, 6.45) is 9.40. The van der Waals surface area contributed by atoms with Crippen LogP contribution >= 0.6 is 0 Å². The Bertz CT molecular complexity index is 293. The fourth-order valence-corrected chi connectivity index (χ4v) is 3.54. The van der Waals surface area contributed by atoms with Gasteiger partial charge in [0.05, 0.1) is 5.41 Å². The average Bonchev–Trinajstić information content (AvgIpc) is 2.89. The molecule has 0 aromatic rings. The van der Waals surface area contributed by atoms with E-state index in [9.17, 15) is 4.79 Å². The second-order valence-electron chi connectivity index (χ2n) is 6.32. The van der Waals surface area contributed by atoms with E-state index in [0.717, 1.165) is 44.9 Å². The molecule has 0 aromatic heterocycles. The van der Waals surface area contributed by atoms with Gasteiger partial charge in [0, 0.05) is 25.8 Å². The first-order chi connectivity index (χ1) is 9.16. The molecule has 4 heteroatoms. The highest BCUT2D eigenvalue weighted by Crippen LogP contribution is 2.41. The number of carbonyl (C=O) groups excluding carboxylic acids is 1. The minimum Gasteiger partial charge on any atom is -0.385 e. The molecule has 2 rings (SSSR count). The van der Waals surface area contributed by atoms with Crippen molar-refractivity contribution in [1.29, 1.82) is 0 Å². The number of hydrogen-bond donors (Lipinski definition) is 2. The van der Waals surface area contributed by atoms with E-state index in [4.69, 9.17) is 10.5 Å². The summed E-state index contributed by atoms with van der Waals surface area (Å²) in [6.45, 7) is 0.683. The van der Waals surface area contributed by atoms with Crippen LogP contribution in [0.4, 0.5) is 0 Å². The van der Waals surface area contributed by atoms with E-state index in [1.165, 1.54) is 12.8 Å². The van der Waals surface area contributed by atoms with Crippen LogP contribution in [0.5, 0.6) is 0 Å². The normalized spacial score (nSPS) is 30.2. The van der Waals surface area contributed by atoms with Gasteiger partial charge in [-0.05, 0) is 44.9 Å². The number of carbonyl (C=O) groups is 1. The van der Waals surface area contributed by atoms with E-state index >= 15 is 0 Å². The summed E-state index contributed by atoms with van der Waals surface area (Å²) in [7, 11) is 1.71. The molecule has 0 atom stereocenters. The van der Waals surface area contributed by atoms with Crippen molar-refractivity contribution >= 4 is 5.91 Å². The van der Waals surface area contributed by atoms with Crippen LogP contribution in [0.25, 0.3) is 0 Å². The molecular weight excluding hydrogens is 240 g/mol. The Balaban J connectivity index is 1.88. The van der Waals surface area contributed by atoms with Gasteiger partial charge >= 0.3 is 0 Å². The van der Waals surface area contributed by atoms with Gasteiger partial charge in [-0.15, -0.1) is 0 Å². The lowest BCUT2D eigenvalue weighted by Gasteiger charge is -2.33. The first-order valence-corrected chi connectivity index (χ1v) is 7.72. The molecule has 0 spiro atoms. The molecule has 4 nitrogen and oxygen atoms in total. The highest BCUT2D eigenvalue weighted by molar-refractivity contribution is 5.83. The number of rotatable bonds is 5. The van der Waals surface area contributed by atoms with Crippen molar-refractivity contribution < 1.29 is 9.53 Å². The number of nitrogens with two attached hydrogens (primary N) is 1. The summed E-state index contributed by atoms with van der Waals surface area (Å²) in [6, 6.07) is 0.675. The maximum atomic E-state index is 12.6. The van der Waals surface area contributed by atoms with Crippen molar-refractivity contribution in [2.24, 2.45) is 11.1 Å². The maximum Gasteiger partial charge on any atom is 0.226 e. The van der Waals surface area contributed by atoms with Gasteiger partial charge in [-0.1, -0.05) is 12.8 Å². The second-order valence-corrected chi connectivity index (χ2v) is 6.32. The molecule has 0 unspecified atom stereocenters. The Morgan fingerprint density at radius 3 is 2.47 bits per heavy atom. The molecule has 2 saturated carbocycles. The molecule has 2 aliphatic carbocycles. The second kappa shape index (κ2) is 6.71. The number of hydrogen-bond acceptors (Lipinski definition) is 3. The third-order valence-corrected chi connectivity index (χ3v) is 4.93.